The molecule has 6 nitrogen and oxygen atoms in total. The number of hydrogen-bond acceptors (Lipinski definition) is 5. The highest BCUT2D eigenvalue weighted by molar-refractivity contribution is 9.10. The van der Waals surface area contributed by atoms with Crippen molar-refractivity contribution in [3.05, 3.63) is 33.8 Å². The lowest BCUT2D eigenvalue weighted by Gasteiger charge is -2.04. The molecule has 8 heteroatoms. The number of nitrogens with one attached hydrogen (secondary N) is 1. The van der Waals surface area contributed by atoms with Gasteiger partial charge in [-0.05, 0) is 22.0 Å². The van der Waals surface area contributed by atoms with Crippen molar-refractivity contribution >= 4 is 33.2 Å². The first kappa shape index (κ1) is 13.3. The lowest BCUT2D eigenvalue weighted by Crippen LogP contribution is -2.02. The average molecular weight is 333 g/mol. The first-order valence-electron chi connectivity index (χ1n) is 5.24. The molecule has 18 heavy (non-hydrogen) atoms. The molecular formula is C10H11BrClN5O. The van der Waals surface area contributed by atoms with E-state index in [-0.39, 0.29) is 6.61 Å². The van der Waals surface area contributed by atoms with Crippen LogP contribution in [0, 0.1) is 0 Å². The van der Waals surface area contributed by atoms with Gasteiger partial charge in [0, 0.05) is 0 Å². The molecule has 0 spiro atoms. The second kappa shape index (κ2) is 6.12. The maximum Gasteiger partial charge on any atom is 0.143 e. The molecule has 0 aromatic carbocycles. The summed E-state index contributed by atoms with van der Waals surface area (Å²) < 4.78 is 2.32. The SMILES string of the molecule is OCCn1cc(CNc2cnc(Cl)c(Br)c2)nn1. The van der Waals surface area contributed by atoms with Gasteiger partial charge in [-0.25, -0.2) is 9.67 Å². The molecule has 0 atom stereocenters. The molecule has 0 aliphatic heterocycles. The molecule has 2 N–H and O–H groups in total. The fourth-order valence-corrected chi connectivity index (χ4v) is 1.79. The predicted octanol–water partition coefficient (Wildman–Crippen LogP) is 1.69. The van der Waals surface area contributed by atoms with Gasteiger partial charge in [0.2, 0.25) is 0 Å². The third-order valence-electron chi connectivity index (χ3n) is 2.19. The second-order valence-electron chi connectivity index (χ2n) is 3.55. The van der Waals surface area contributed by atoms with E-state index in [1.165, 1.54) is 0 Å². The van der Waals surface area contributed by atoms with Crippen LogP contribution in [0.2, 0.25) is 5.15 Å². The number of aromatic nitrogens is 4. The number of nitrogens with zero attached hydrogens (tertiary/aromatic N) is 4. The highest BCUT2D eigenvalue weighted by atomic mass is 79.9. The van der Waals surface area contributed by atoms with Gasteiger partial charge in [0.15, 0.2) is 0 Å². The fourth-order valence-electron chi connectivity index (χ4n) is 1.34. The summed E-state index contributed by atoms with van der Waals surface area (Å²) in [5.41, 5.74) is 1.62. The Morgan fingerprint density at radius 1 is 1.50 bits per heavy atom. The Balaban J connectivity index is 1.95. The summed E-state index contributed by atoms with van der Waals surface area (Å²) >= 11 is 9.10. The van der Waals surface area contributed by atoms with E-state index in [0.717, 1.165) is 15.9 Å². The first-order valence-corrected chi connectivity index (χ1v) is 6.41. The van der Waals surface area contributed by atoms with Gasteiger partial charge in [-0.1, -0.05) is 16.8 Å². The molecule has 0 fully saturated rings. The molecule has 0 unspecified atom stereocenters. The topological polar surface area (TPSA) is 75.9 Å². The molecule has 0 aliphatic carbocycles. The van der Waals surface area contributed by atoms with Gasteiger partial charge in [0.25, 0.3) is 0 Å². The van der Waals surface area contributed by atoms with Crippen LogP contribution in [0.5, 0.6) is 0 Å². The van der Waals surface area contributed by atoms with Crippen LogP contribution >= 0.6 is 27.5 Å². The van der Waals surface area contributed by atoms with Crippen LogP contribution in [0.1, 0.15) is 5.69 Å². The van der Waals surface area contributed by atoms with Crippen molar-refractivity contribution in [2.75, 3.05) is 11.9 Å². The van der Waals surface area contributed by atoms with Crippen molar-refractivity contribution < 1.29 is 5.11 Å². The maximum absolute atomic E-state index is 8.76. The van der Waals surface area contributed by atoms with E-state index in [1.54, 1.807) is 17.1 Å². The summed E-state index contributed by atoms with van der Waals surface area (Å²) in [6.07, 6.45) is 3.42. The van der Waals surface area contributed by atoms with Gasteiger partial charge in [-0.2, -0.15) is 0 Å². The Morgan fingerprint density at radius 3 is 3.06 bits per heavy atom. The summed E-state index contributed by atoms with van der Waals surface area (Å²) in [6, 6.07) is 1.84. The molecule has 0 bridgehead atoms. The zero-order valence-corrected chi connectivity index (χ0v) is 11.7. The molecule has 2 rings (SSSR count). The van der Waals surface area contributed by atoms with E-state index >= 15 is 0 Å². The van der Waals surface area contributed by atoms with Gasteiger partial charge in [-0.3, -0.25) is 0 Å². The van der Waals surface area contributed by atoms with Crippen LogP contribution in [-0.2, 0) is 13.1 Å². The molecule has 96 valence electrons. The van der Waals surface area contributed by atoms with E-state index in [9.17, 15) is 0 Å². The maximum atomic E-state index is 8.76. The van der Waals surface area contributed by atoms with Crippen LogP contribution in [-0.4, -0.2) is 31.7 Å². The molecule has 0 amide bonds. The molecular weight excluding hydrogens is 322 g/mol. The van der Waals surface area contributed by atoms with E-state index in [2.05, 4.69) is 36.5 Å². The fraction of sp³-hybridized carbons (Fsp3) is 0.300. The summed E-state index contributed by atoms with van der Waals surface area (Å²) in [4.78, 5) is 4.01. The number of hydrogen-bond donors (Lipinski definition) is 2. The highest BCUT2D eigenvalue weighted by Gasteiger charge is 2.03. The molecule has 2 aromatic rings. The van der Waals surface area contributed by atoms with Gasteiger partial charge in [-0.15, -0.1) is 5.10 Å². The number of pyridine rings is 1. The molecule has 0 saturated heterocycles. The standard InChI is InChI=1S/C10H11BrClN5O/c11-9-3-7(4-14-10(9)12)13-5-8-6-17(1-2-18)16-15-8/h3-4,6,13,18H,1-2,5H2. The highest BCUT2D eigenvalue weighted by Crippen LogP contribution is 2.22. The second-order valence-corrected chi connectivity index (χ2v) is 4.76. The van der Waals surface area contributed by atoms with Crippen LogP contribution in [0.3, 0.4) is 0 Å². The van der Waals surface area contributed by atoms with Crippen molar-refractivity contribution in [2.24, 2.45) is 0 Å². The number of aliphatic hydroxyl groups excluding tert-OH is 1. The van der Waals surface area contributed by atoms with Gasteiger partial charge in [0.1, 0.15) is 10.8 Å². The first-order chi connectivity index (χ1) is 8.69. The van der Waals surface area contributed by atoms with Crippen LogP contribution in [0.15, 0.2) is 22.9 Å². The lowest BCUT2D eigenvalue weighted by atomic mass is 10.4. The minimum Gasteiger partial charge on any atom is -0.394 e. The minimum absolute atomic E-state index is 0.0459. The van der Waals surface area contributed by atoms with Gasteiger partial charge in [0.05, 0.1) is 42.3 Å². The Kier molecular flexibility index (Phi) is 4.51. The monoisotopic (exact) mass is 331 g/mol. The Bertz CT molecular complexity index is 533. The van der Waals surface area contributed by atoms with E-state index in [4.69, 9.17) is 16.7 Å². The van der Waals surface area contributed by atoms with Crippen molar-refractivity contribution in [1.82, 2.24) is 20.0 Å². The van der Waals surface area contributed by atoms with Crippen LogP contribution in [0.4, 0.5) is 5.69 Å². The Morgan fingerprint density at radius 2 is 2.33 bits per heavy atom. The number of halogens is 2. The zero-order chi connectivity index (χ0) is 13.0. The smallest absolute Gasteiger partial charge is 0.143 e. The third kappa shape index (κ3) is 3.41. The molecule has 0 aliphatic rings. The van der Waals surface area contributed by atoms with E-state index < -0.39 is 0 Å². The largest absolute Gasteiger partial charge is 0.394 e. The Labute approximate surface area is 117 Å². The predicted molar refractivity (Wildman–Crippen MR) is 71.4 cm³/mol. The molecule has 0 radical (unpaired) electrons. The van der Waals surface area contributed by atoms with Gasteiger partial charge < -0.3 is 10.4 Å². The van der Waals surface area contributed by atoms with Crippen molar-refractivity contribution in [1.29, 1.82) is 0 Å². The minimum atomic E-state index is 0.0459. The van der Waals surface area contributed by atoms with Crippen LogP contribution in [0.25, 0.3) is 0 Å². The van der Waals surface area contributed by atoms with Gasteiger partial charge >= 0.3 is 0 Å². The number of anilines is 1. The average Bonchev–Trinajstić information content (AvgIpc) is 2.79. The van der Waals surface area contributed by atoms with Crippen molar-refractivity contribution in [2.45, 2.75) is 13.1 Å². The molecule has 2 aromatic heterocycles. The molecule has 0 saturated carbocycles. The summed E-state index contributed by atoms with van der Waals surface area (Å²) in [5.74, 6) is 0. The summed E-state index contributed by atoms with van der Waals surface area (Å²) in [5, 5.41) is 20.2. The van der Waals surface area contributed by atoms with Crippen molar-refractivity contribution in [3.63, 3.8) is 0 Å². The van der Waals surface area contributed by atoms with E-state index in [1.807, 2.05) is 6.07 Å². The lowest BCUT2D eigenvalue weighted by molar-refractivity contribution is 0.268. The van der Waals surface area contributed by atoms with E-state index in [0.29, 0.717) is 18.2 Å². The van der Waals surface area contributed by atoms with Crippen LogP contribution < -0.4 is 5.32 Å². The molecule has 2 heterocycles. The number of rotatable bonds is 5. The number of aliphatic hydroxyl groups is 1. The van der Waals surface area contributed by atoms with Crippen molar-refractivity contribution in [3.8, 4) is 0 Å². The normalized spacial score (nSPS) is 10.6. The summed E-state index contributed by atoms with van der Waals surface area (Å²) in [6.45, 7) is 1.02. The third-order valence-corrected chi connectivity index (χ3v) is 3.32. The Hall–Kier alpha value is -1.18. The quantitative estimate of drug-likeness (QED) is 0.815. The zero-order valence-electron chi connectivity index (χ0n) is 9.35. The summed E-state index contributed by atoms with van der Waals surface area (Å²) in [7, 11) is 0.